The Hall–Kier alpha value is -2.16. The zero-order valence-electron chi connectivity index (χ0n) is 33.7. The van der Waals surface area contributed by atoms with E-state index >= 15 is 0 Å². The van der Waals surface area contributed by atoms with Crippen molar-refractivity contribution in [2.24, 2.45) is 0 Å². The summed E-state index contributed by atoms with van der Waals surface area (Å²) >= 11 is 0. The van der Waals surface area contributed by atoms with Gasteiger partial charge in [0.2, 0.25) is 11.8 Å². The lowest BCUT2D eigenvalue weighted by Crippen LogP contribution is -2.60. The molecular weight excluding hydrogens is 704 g/mol. The molecule has 0 aliphatic carbocycles. The predicted molar refractivity (Wildman–Crippen MR) is 214 cm³/mol. The fourth-order valence-electron chi connectivity index (χ4n) is 7.07. The topological polar surface area (TPSA) is 198 Å². The standard InChI is InChI=1S/C43H76N2O10/c1-2-3-4-5-6-7-8-9-10-11-12-13-14-21-28-38(49)45-34(32-54-43-42(53)41(52)40(51)36(31-46)55-43)39(50)35(47)27-23-29-37(48)44-30-22-16-15-18-24-33-25-19-17-20-26-33/h17,19-20,25-26,34-36,39-43,46-47,50-53H,2-16,18,21-24,27-32H2,1H3,(H,44,48)(H,45,49)/t34-,35+,36+,39-,40-,41-,42+,43-/m0/s1. The van der Waals surface area contributed by atoms with Crippen molar-refractivity contribution in [2.75, 3.05) is 19.8 Å². The minimum absolute atomic E-state index is 0.0967. The number of hydrogen-bond donors (Lipinski definition) is 8. The van der Waals surface area contributed by atoms with Crippen LogP contribution >= 0.6 is 0 Å². The van der Waals surface area contributed by atoms with Crippen LogP contribution < -0.4 is 10.6 Å². The predicted octanol–water partition coefficient (Wildman–Crippen LogP) is 4.97. The third-order valence-electron chi connectivity index (χ3n) is 10.7. The summed E-state index contributed by atoms with van der Waals surface area (Å²) in [6.07, 6.45) is 12.5. The van der Waals surface area contributed by atoms with Gasteiger partial charge in [-0.1, -0.05) is 134 Å². The summed E-state index contributed by atoms with van der Waals surface area (Å²) < 4.78 is 11.1. The van der Waals surface area contributed by atoms with Crippen molar-refractivity contribution < 1.29 is 49.7 Å². The molecule has 12 heteroatoms. The lowest BCUT2D eigenvalue weighted by atomic mass is 9.99. The Morgan fingerprint density at radius 2 is 1.27 bits per heavy atom. The largest absolute Gasteiger partial charge is 0.394 e. The highest BCUT2D eigenvalue weighted by Crippen LogP contribution is 2.23. The monoisotopic (exact) mass is 781 g/mol. The summed E-state index contributed by atoms with van der Waals surface area (Å²) in [5, 5.41) is 67.8. The smallest absolute Gasteiger partial charge is 0.220 e. The zero-order valence-corrected chi connectivity index (χ0v) is 33.7. The van der Waals surface area contributed by atoms with Gasteiger partial charge in [-0.3, -0.25) is 9.59 Å². The zero-order chi connectivity index (χ0) is 40.1. The number of amides is 2. The molecule has 1 saturated heterocycles. The first-order valence-corrected chi connectivity index (χ1v) is 21.6. The molecule has 2 rings (SSSR count). The van der Waals surface area contributed by atoms with Crippen LogP contribution in [0.25, 0.3) is 0 Å². The number of carbonyl (C=O) groups is 2. The molecule has 1 aliphatic rings. The molecule has 1 aliphatic heterocycles. The number of aliphatic hydroxyl groups is 6. The minimum Gasteiger partial charge on any atom is -0.394 e. The van der Waals surface area contributed by atoms with E-state index < -0.39 is 62.2 Å². The fraction of sp³-hybridized carbons (Fsp3) is 0.814. The van der Waals surface area contributed by atoms with E-state index in [9.17, 15) is 40.2 Å². The number of unbranched alkanes of at least 4 members (excludes halogenated alkanes) is 16. The van der Waals surface area contributed by atoms with Crippen LogP contribution in [0.5, 0.6) is 0 Å². The van der Waals surface area contributed by atoms with Gasteiger partial charge < -0.3 is 50.7 Å². The molecule has 1 fully saturated rings. The molecule has 1 aromatic rings. The highest BCUT2D eigenvalue weighted by Gasteiger charge is 2.44. The summed E-state index contributed by atoms with van der Waals surface area (Å²) in [5.74, 6) is -0.457. The molecule has 0 spiro atoms. The molecule has 1 heterocycles. The third-order valence-corrected chi connectivity index (χ3v) is 10.7. The third kappa shape index (κ3) is 21.8. The first kappa shape index (κ1) is 49.0. The normalized spacial score (nSPS) is 21.5. The van der Waals surface area contributed by atoms with E-state index in [-0.39, 0.29) is 31.1 Å². The van der Waals surface area contributed by atoms with Crippen LogP contribution in [-0.2, 0) is 25.5 Å². The Morgan fingerprint density at radius 3 is 1.89 bits per heavy atom. The second kappa shape index (κ2) is 30.9. The second-order valence-electron chi connectivity index (χ2n) is 15.5. The fourth-order valence-corrected chi connectivity index (χ4v) is 7.07. The van der Waals surface area contributed by atoms with E-state index in [0.29, 0.717) is 19.4 Å². The van der Waals surface area contributed by atoms with Gasteiger partial charge in [0.15, 0.2) is 6.29 Å². The molecule has 55 heavy (non-hydrogen) atoms. The molecule has 0 saturated carbocycles. The second-order valence-corrected chi connectivity index (χ2v) is 15.5. The summed E-state index contributed by atoms with van der Waals surface area (Å²) in [7, 11) is 0. The van der Waals surface area contributed by atoms with Crippen molar-refractivity contribution in [2.45, 2.75) is 204 Å². The number of nitrogens with one attached hydrogen (secondary N) is 2. The van der Waals surface area contributed by atoms with Crippen LogP contribution in [0.15, 0.2) is 30.3 Å². The van der Waals surface area contributed by atoms with Gasteiger partial charge in [-0.05, 0) is 44.1 Å². The summed E-state index contributed by atoms with van der Waals surface area (Å²) in [6.45, 7) is 1.80. The maximum atomic E-state index is 13.0. The highest BCUT2D eigenvalue weighted by molar-refractivity contribution is 5.76. The van der Waals surface area contributed by atoms with E-state index in [1.807, 2.05) is 18.2 Å². The number of hydrogen-bond acceptors (Lipinski definition) is 10. The highest BCUT2D eigenvalue weighted by atomic mass is 16.7. The van der Waals surface area contributed by atoms with Crippen molar-refractivity contribution in [3.05, 3.63) is 35.9 Å². The Labute approximate surface area is 330 Å². The molecule has 1 aromatic carbocycles. The van der Waals surface area contributed by atoms with Gasteiger partial charge in [0.05, 0.1) is 25.4 Å². The maximum absolute atomic E-state index is 13.0. The van der Waals surface area contributed by atoms with Gasteiger partial charge in [0.25, 0.3) is 0 Å². The molecule has 12 nitrogen and oxygen atoms in total. The first-order chi connectivity index (χ1) is 26.7. The van der Waals surface area contributed by atoms with Gasteiger partial charge in [-0.25, -0.2) is 0 Å². The number of benzene rings is 1. The average molecular weight is 781 g/mol. The number of ether oxygens (including phenoxy) is 2. The molecule has 0 unspecified atom stereocenters. The maximum Gasteiger partial charge on any atom is 0.220 e. The molecule has 318 valence electrons. The quantitative estimate of drug-likeness (QED) is 0.0451. The minimum atomic E-state index is -1.65. The van der Waals surface area contributed by atoms with Crippen molar-refractivity contribution >= 4 is 11.8 Å². The van der Waals surface area contributed by atoms with Crippen LogP contribution in [0.3, 0.4) is 0 Å². The van der Waals surface area contributed by atoms with E-state index in [1.165, 1.54) is 69.8 Å². The van der Waals surface area contributed by atoms with Crippen LogP contribution in [0.2, 0.25) is 0 Å². The van der Waals surface area contributed by atoms with Crippen molar-refractivity contribution in [3.63, 3.8) is 0 Å². The van der Waals surface area contributed by atoms with Crippen molar-refractivity contribution in [3.8, 4) is 0 Å². The van der Waals surface area contributed by atoms with Crippen LogP contribution in [-0.4, -0.2) is 111 Å². The lowest BCUT2D eigenvalue weighted by Gasteiger charge is -2.40. The van der Waals surface area contributed by atoms with Gasteiger partial charge in [-0.2, -0.15) is 0 Å². The van der Waals surface area contributed by atoms with Crippen molar-refractivity contribution in [1.82, 2.24) is 10.6 Å². The first-order valence-electron chi connectivity index (χ1n) is 21.6. The summed E-state index contributed by atoms with van der Waals surface area (Å²) in [4.78, 5) is 25.4. The number of carbonyl (C=O) groups excluding carboxylic acids is 2. The number of aliphatic hydroxyl groups excluding tert-OH is 6. The van der Waals surface area contributed by atoms with Gasteiger partial charge in [-0.15, -0.1) is 0 Å². The Kier molecular flexibility index (Phi) is 27.5. The van der Waals surface area contributed by atoms with Crippen LogP contribution in [0, 0.1) is 0 Å². The molecule has 8 atom stereocenters. The van der Waals surface area contributed by atoms with E-state index in [0.717, 1.165) is 51.4 Å². The van der Waals surface area contributed by atoms with Crippen molar-refractivity contribution in [1.29, 1.82) is 0 Å². The van der Waals surface area contributed by atoms with E-state index in [4.69, 9.17) is 9.47 Å². The van der Waals surface area contributed by atoms with E-state index in [2.05, 4.69) is 29.7 Å². The molecule has 0 radical (unpaired) electrons. The Bertz CT molecular complexity index is 1100. The van der Waals surface area contributed by atoms with Crippen LogP contribution in [0.1, 0.15) is 154 Å². The van der Waals surface area contributed by atoms with Gasteiger partial charge >= 0.3 is 0 Å². The Balaban J connectivity index is 1.72. The SMILES string of the molecule is CCCCCCCCCCCCCCCCC(=O)N[C@@H](CO[C@H]1O[C@H](CO)[C@H](O)[C@H](O)[C@H]1O)[C@H](O)[C@H](O)CCCC(=O)NCCCCCCc1ccccc1. The van der Waals surface area contributed by atoms with Gasteiger partial charge in [0.1, 0.15) is 30.5 Å². The Morgan fingerprint density at radius 1 is 0.709 bits per heavy atom. The molecule has 0 bridgehead atoms. The van der Waals surface area contributed by atoms with Crippen LogP contribution in [0.4, 0.5) is 0 Å². The molecule has 2 amide bonds. The molecule has 0 aromatic heterocycles. The lowest BCUT2D eigenvalue weighted by molar-refractivity contribution is -0.303. The summed E-state index contributed by atoms with van der Waals surface area (Å²) in [5.41, 5.74) is 1.33. The van der Waals surface area contributed by atoms with E-state index in [1.54, 1.807) is 0 Å². The van der Waals surface area contributed by atoms with Gasteiger partial charge in [0, 0.05) is 19.4 Å². The molecular formula is C43H76N2O10. The molecule has 8 N–H and O–H groups in total. The number of rotatable bonds is 33. The number of aryl methyl sites for hydroxylation is 1. The average Bonchev–Trinajstić information content (AvgIpc) is 3.19. The summed E-state index contributed by atoms with van der Waals surface area (Å²) in [6, 6.07) is 9.27.